The highest BCUT2D eigenvalue weighted by atomic mass is 16.7. The van der Waals surface area contributed by atoms with E-state index in [0.29, 0.717) is 47.2 Å². The van der Waals surface area contributed by atoms with Gasteiger partial charge in [-0.15, -0.1) is 0 Å². The van der Waals surface area contributed by atoms with Crippen LogP contribution in [0.4, 0.5) is 11.8 Å². The molecule has 0 amide bonds. The van der Waals surface area contributed by atoms with E-state index in [1.165, 1.54) is 0 Å². The first kappa shape index (κ1) is 17.7. The maximum Gasteiger partial charge on any atom is 0.231 e. The average molecular weight is 380 g/mol. The van der Waals surface area contributed by atoms with Gasteiger partial charge in [0, 0.05) is 18.2 Å². The van der Waals surface area contributed by atoms with Gasteiger partial charge in [-0.3, -0.25) is 0 Å². The van der Waals surface area contributed by atoms with Gasteiger partial charge in [0.25, 0.3) is 0 Å². The van der Waals surface area contributed by atoms with Gasteiger partial charge in [-0.1, -0.05) is 6.07 Å². The third-order valence-corrected chi connectivity index (χ3v) is 4.41. The number of phenols is 1. The monoisotopic (exact) mass is 380 g/mol. The normalized spacial score (nSPS) is 12.2. The van der Waals surface area contributed by atoms with Crippen molar-refractivity contribution in [3.8, 4) is 34.1 Å². The number of nitrogen functional groups attached to an aromatic ring is 2. The van der Waals surface area contributed by atoms with Crippen LogP contribution in [0.2, 0.25) is 0 Å². The first-order chi connectivity index (χ1) is 13.5. The zero-order valence-corrected chi connectivity index (χ0v) is 15.3. The number of aromatic hydroxyl groups is 1. The Bertz CT molecular complexity index is 1040. The minimum absolute atomic E-state index is 0.0924. The molecule has 0 spiro atoms. The van der Waals surface area contributed by atoms with Crippen LogP contribution in [0, 0.1) is 0 Å². The molecule has 2 heterocycles. The number of phenolic OH excluding ortho intramolecular Hbond substituents is 1. The Hall–Kier alpha value is -3.68. The maximum absolute atomic E-state index is 10.8. The molecule has 28 heavy (non-hydrogen) atoms. The van der Waals surface area contributed by atoms with Gasteiger partial charge in [-0.05, 0) is 42.3 Å². The summed E-state index contributed by atoms with van der Waals surface area (Å²) in [6.07, 6.45) is 2.02. The fraction of sp³-hybridized carbons (Fsp3) is 0.200. The van der Waals surface area contributed by atoms with Crippen LogP contribution >= 0.6 is 0 Å². The van der Waals surface area contributed by atoms with E-state index >= 15 is 0 Å². The summed E-state index contributed by atoms with van der Waals surface area (Å²) in [6.45, 7) is 2.53. The van der Waals surface area contributed by atoms with Crippen molar-refractivity contribution in [3.05, 3.63) is 47.7 Å². The molecule has 0 atom stereocenters. The van der Waals surface area contributed by atoms with Crippen LogP contribution < -0.4 is 25.7 Å². The van der Waals surface area contributed by atoms with Gasteiger partial charge < -0.3 is 30.8 Å². The Morgan fingerprint density at radius 1 is 1.14 bits per heavy atom. The third-order valence-electron chi connectivity index (χ3n) is 4.41. The van der Waals surface area contributed by atoms with Crippen molar-refractivity contribution >= 4 is 11.8 Å². The van der Waals surface area contributed by atoms with E-state index in [1.807, 2.05) is 31.2 Å². The van der Waals surface area contributed by atoms with Gasteiger partial charge in [0.15, 0.2) is 11.5 Å². The van der Waals surface area contributed by atoms with E-state index in [9.17, 15) is 5.11 Å². The number of ether oxygens (including phenoxy) is 3. The number of rotatable bonds is 5. The number of anilines is 2. The lowest BCUT2D eigenvalue weighted by atomic mass is 9.98. The Kier molecular flexibility index (Phi) is 4.52. The molecule has 0 radical (unpaired) electrons. The molecule has 1 aliphatic rings. The summed E-state index contributed by atoms with van der Waals surface area (Å²) < 4.78 is 16.6. The summed E-state index contributed by atoms with van der Waals surface area (Å²) >= 11 is 0. The van der Waals surface area contributed by atoms with E-state index in [-0.39, 0.29) is 18.5 Å². The minimum Gasteiger partial charge on any atom is -0.507 e. The van der Waals surface area contributed by atoms with E-state index in [1.54, 1.807) is 12.3 Å². The van der Waals surface area contributed by atoms with Gasteiger partial charge in [0.1, 0.15) is 17.3 Å². The van der Waals surface area contributed by atoms with E-state index in [2.05, 4.69) is 9.97 Å². The van der Waals surface area contributed by atoms with Gasteiger partial charge in [0.05, 0.1) is 12.2 Å². The predicted octanol–water partition coefficient (Wildman–Crippen LogP) is 2.73. The molecule has 4 rings (SSSR count). The van der Waals surface area contributed by atoms with Crippen molar-refractivity contribution in [1.29, 1.82) is 0 Å². The highest BCUT2D eigenvalue weighted by Gasteiger charge is 2.19. The second-order valence-corrected chi connectivity index (χ2v) is 6.30. The van der Waals surface area contributed by atoms with Crippen LogP contribution in [-0.2, 0) is 6.42 Å². The molecule has 0 unspecified atom stereocenters. The van der Waals surface area contributed by atoms with Crippen LogP contribution in [0.15, 0.2) is 36.5 Å². The van der Waals surface area contributed by atoms with Crippen molar-refractivity contribution in [2.24, 2.45) is 0 Å². The Morgan fingerprint density at radius 2 is 1.96 bits per heavy atom. The summed E-state index contributed by atoms with van der Waals surface area (Å²) in [6, 6.07) is 9.05. The Labute approximate surface area is 161 Å². The molecule has 2 aromatic carbocycles. The van der Waals surface area contributed by atoms with Crippen LogP contribution in [0.25, 0.3) is 11.1 Å². The number of fused-ring (bicyclic) bond motifs is 1. The lowest BCUT2D eigenvalue weighted by Crippen LogP contribution is -2.04. The van der Waals surface area contributed by atoms with Gasteiger partial charge in [-0.25, -0.2) is 4.98 Å². The maximum atomic E-state index is 10.8. The van der Waals surface area contributed by atoms with Crippen molar-refractivity contribution in [1.82, 2.24) is 9.97 Å². The van der Waals surface area contributed by atoms with E-state index < -0.39 is 0 Å². The van der Waals surface area contributed by atoms with Crippen LogP contribution in [-0.4, -0.2) is 28.5 Å². The molecule has 0 saturated carbocycles. The number of hydrogen-bond acceptors (Lipinski definition) is 8. The molecule has 1 aromatic heterocycles. The highest BCUT2D eigenvalue weighted by molar-refractivity contribution is 5.79. The molecule has 1 aliphatic heterocycles. The molecule has 0 fully saturated rings. The number of aromatic nitrogens is 2. The SMILES string of the molecule is CCOc1cc(Cc2cnc(N)nc2N)cc(O)c1-c1ccc2c(c1)OCO2. The molecule has 0 saturated heterocycles. The van der Waals surface area contributed by atoms with Crippen molar-refractivity contribution in [2.75, 3.05) is 24.9 Å². The fourth-order valence-corrected chi connectivity index (χ4v) is 3.16. The molecular formula is C20H20N4O4. The molecule has 3 aromatic rings. The lowest BCUT2D eigenvalue weighted by molar-refractivity contribution is 0.174. The zero-order chi connectivity index (χ0) is 19.7. The van der Waals surface area contributed by atoms with Crippen molar-refractivity contribution in [2.45, 2.75) is 13.3 Å². The standard InChI is InChI=1S/C20H20N4O4/c1-2-26-17-7-11(5-13-9-23-20(22)24-19(13)21)6-14(25)18(17)12-3-4-15-16(8-12)28-10-27-15/h3-4,6-9,25H,2,5,10H2,1H3,(H4,21,22,23,24). The summed E-state index contributed by atoms with van der Waals surface area (Å²) in [5.74, 6) is 2.40. The second-order valence-electron chi connectivity index (χ2n) is 6.30. The minimum atomic E-state index is 0.0924. The van der Waals surface area contributed by atoms with Gasteiger partial charge in [0.2, 0.25) is 12.7 Å². The zero-order valence-electron chi connectivity index (χ0n) is 15.3. The quantitative estimate of drug-likeness (QED) is 0.617. The number of hydrogen-bond donors (Lipinski definition) is 3. The molecular weight excluding hydrogens is 360 g/mol. The molecule has 8 nitrogen and oxygen atoms in total. The molecule has 144 valence electrons. The second kappa shape index (κ2) is 7.15. The first-order valence-electron chi connectivity index (χ1n) is 8.80. The predicted molar refractivity (Wildman–Crippen MR) is 104 cm³/mol. The number of nitrogens with two attached hydrogens (primary N) is 2. The van der Waals surface area contributed by atoms with Crippen molar-refractivity contribution in [3.63, 3.8) is 0 Å². The summed E-state index contributed by atoms with van der Waals surface area (Å²) in [4.78, 5) is 7.96. The van der Waals surface area contributed by atoms with Gasteiger partial charge >= 0.3 is 0 Å². The molecule has 5 N–H and O–H groups in total. The Morgan fingerprint density at radius 3 is 2.75 bits per heavy atom. The van der Waals surface area contributed by atoms with Crippen molar-refractivity contribution < 1.29 is 19.3 Å². The topological polar surface area (TPSA) is 126 Å². The summed E-state index contributed by atoms with van der Waals surface area (Å²) in [5, 5.41) is 10.8. The van der Waals surface area contributed by atoms with E-state index in [0.717, 1.165) is 11.1 Å². The van der Waals surface area contributed by atoms with Crippen LogP contribution in [0.3, 0.4) is 0 Å². The summed E-state index contributed by atoms with van der Waals surface area (Å²) in [7, 11) is 0. The largest absolute Gasteiger partial charge is 0.507 e. The molecule has 8 heteroatoms. The molecule has 0 aliphatic carbocycles. The Balaban J connectivity index is 1.74. The smallest absolute Gasteiger partial charge is 0.231 e. The fourth-order valence-electron chi connectivity index (χ4n) is 3.16. The third kappa shape index (κ3) is 3.32. The number of benzene rings is 2. The molecule has 0 bridgehead atoms. The van der Waals surface area contributed by atoms with Gasteiger partial charge in [-0.2, -0.15) is 4.98 Å². The number of nitrogens with zero attached hydrogens (tertiary/aromatic N) is 2. The summed E-state index contributed by atoms with van der Waals surface area (Å²) in [5.41, 5.74) is 14.4. The van der Waals surface area contributed by atoms with Crippen LogP contribution in [0.5, 0.6) is 23.0 Å². The van der Waals surface area contributed by atoms with E-state index in [4.69, 9.17) is 25.7 Å². The lowest BCUT2D eigenvalue weighted by Gasteiger charge is -2.15. The average Bonchev–Trinajstić information content (AvgIpc) is 3.12. The highest BCUT2D eigenvalue weighted by Crippen LogP contribution is 2.43. The first-order valence-corrected chi connectivity index (χ1v) is 8.80. The van der Waals surface area contributed by atoms with Crippen LogP contribution in [0.1, 0.15) is 18.1 Å².